The second-order valence-corrected chi connectivity index (χ2v) is 8.40. The van der Waals surface area contributed by atoms with E-state index in [1.54, 1.807) is 28.9 Å². The maximum absolute atomic E-state index is 12.8. The monoisotopic (exact) mass is 371 g/mol. The average molecular weight is 371 g/mol. The first-order chi connectivity index (χ1) is 11.8. The second-order valence-electron chi connectivity index (χ2n) is 6.69. The molecule has 3 rings (SSSR count). The number of ether oxygens (including phenoxy) is 1. The summed E-state index contributed by atoms with van der Waals surface area (Å²) in [6, 6.07) is 0.988. The summed E-state index contributed by atoms with van der Waals surface area (Å²) >= 11 is 0. The Morgan fingerprint density at radius 2 is 1.96 bits per heavy atom. The number of carbonyl (C=O) groups excluding carboxylic acids is 1. The Balaban J connectivity index is 1.73. The summed E-state index contributed by atoms with van der Waals surface area (Å²) in [5, 5.41) is 4.08. The van der Waals surface area contributed by atoms with E-state index in [9.17, 15) is 13.2 Å². The molecule has 3 heterocycles. The quantitative estimate of drug-likeness (QED) is 0.795. The number of hydrogen-bond acceptors (Lipinski definition) is 5. The molecule has 1 aromatic heterocycles. The first kappa shape index (κ1) is 18.3. The van der Waals surface area contributed by atoms with Crippen LogP contribution in [0.1, 0.15) is 26.7 Å². The molecule has 2 fully saturated rings. The van der Waals surface area contributed by atoms with Gasteiger partial charge in [-0.05, 0) is 26.7 Å². The number of aryl methyl sites for hydroxylation is 1. The molecule has 0 saturated carbocycles. The highest BCUT2D eigenvalue weighted by molar-refractivity contribution is 7.87. The van der Waals surface area contributed by atoms with Gasteiger partial charge in [0, 0.05) is 32.7 Å². The van der Waals surface area contributed by atoms with Crippen LogP contribution in [0.5, 0.6) is 0 Å². The Morgan fingerprint density at radius 3 is 2.56 bits per heavy atom. The molecule has 2 aliphatic heterocycles. The zero-order valence-electron chi connectivity index (χ0n) is 14.8. The summed E-state index contributed by atoms with van der Waals surface area (Å²) in [4.78, 5) is 14.4. The predicted molar refractivity (Wildman–Crippen MR) is 92.2 cm³/mol. The van der Waals surface area contributed by atoms with E-state index in [1.165, 1.54) is 4.31 Å². The van der Waals surface area contributed by atoms with Crippen LogP contribution in [0, 0.1) is 0 Å². The molecule has 9 nitrogen and oxygen atoms in total. The molecule has 0 spiro atoms. The lowest BCUT2D eigenvalue weighted by molar-refractivity contribution is -0.121. The molecule has 10 heteroatoms. The average Bonchev–Trinajstić information content (AvgIpc) is 2.94. The standard InChI is InChI=1S/C15H25N5O4S/c1-11-9-19(10-12(2)24-11)25(22,23)17-13-5-4-8-20(15(13)21)14-6-7-16-18(14)3/h6-7,11-13,17H,4-5,8-10H2,1-3H3/t11-,12+,13-/m1/s1. The third kappa shape index (κ3) is 3.86. The summed E-state index contributed by atoms with van der Waals surface area (Å²) in [5.41, 5.74) is 0. The largest absolute Gasteiger partial charge is 0.373 e. The smallest absolute Gasteiger partial charge is 0.280 e. The number of anilines is 1. The molecular weight excluding hydrogens is 346 g/mol. The zero-order chi connectivity index (χ0) is 18.2. The first-order valence-corrected chi connectivity index (χ1v) is 9.94. The Kier molecular flexibility index (Phi) is 5.14. The summed E-state index contributed by atoms with van der Waals surface area (Å²) < 4.78 is 36.6. The molecule has 0 aliphatic carbocycles. The SMILES string of the molecule is C[C@@H]1CN(S(=O)(=O)N[C@@H]2CCCN(c3ccnn3C)C2=O)C[C@H](C)O1. The molecule has 2 aliphatic rings. The number of hydrogen-bond donors (Lipinski definition) is 1. The topological polar surface area (TPSA) is 96.8 Å². The minimum absolute atomic E-state index is 0.173. The van der Waals surface area contributed by atoms with E-state index in [0.29, 0.717) is 18.8 Å². The van der Waals surface area contributed by atoms with Crippen molar-refractivity contribution >= 4 is 21.9 Å². The van der Waals surface area contributed by atoms with Crippen LogP contribution in [0.3, 0.4) is 0 Å². The van der Waals surface area contributed by atoms with Crippen LogP contribution < -0.4 is 9.62 Å². The lowest BCUT2D eigenvalue weighted by Crippen LogP contribution is -2.58. The third-order valence-electron chi connectivity index (χ3n) is 4.53. The van der Waals surface area contributed by atoms with E-state index in [1.807, 2.05) is 13.8 Å². The highest BCUT2D eigenvalue weighted by atomic mass is 32.2. The number of nitrogens with one attached hydrogen (secondary N) is 1. The molecule has 1 amide bonds. The highest BCUT2D eigenvalue weighted by Crippen LogP contribution is 2.21. The zero-order valence-corrected chi connectivity index (χ0v) is 15.6. The van der Waals surface area contributed by atoms with Gasteiger partial charge in [0.1, 0.15) is 11.9 Å². The van der Waals surface area contributed by atoms with Crippen molar-refractivity contribution < 1.29 is 17.9 Å². The van der Waals surface area contributed by atoms with Gasteiger partial charge in [0.2, 0.25) is 5.91 Å². The van der Waals surface area contributed by atoms with Crippen molar-refractivity contribution in [2.75, 3.05) is 24.5 Å². The summed E-state index contributed by atoms with van der Waals surface area (Å²) in [6.45, 7) is 4.81. The number of amides is 1. The molecule has 140 valence electrons. The number of rotatable bonds is 4. The predicted octanol–water partition coefficient (Wildman–Crippen LogP) is -0.141. The van der Waals surface area contributed by atoms with E-state index in [4.69, 9.17) is 4.74 Å². The van der Waals surface area contributed by atoms with Crippen LogP contribution in [0.25, 0.3) is 0 Å². The van der Waals surface area contributed by atoms with Crippen LogP contribution in [-0.4, -0.2) is 66.3 Å². The van der Waals surface area contributed by atoms with Crippen LogP contribution in [0.2, 0.25) is 0 Å². The van der Waals surface area contributed by atoms with Crippen molar-refractivity contribution in [3.05, 3.63) is 12.3 Å². The van der Waals surface area contributed by atoms with Gasteiger partial charge >= 0.3 is 0 Å². The molecule has 25 heavy (non-hydrogen) atoms. The molecule has 0 radical (unpaired) electrons. The van der Waals surface area contributed by atoms with Crippen LogP contribution in [-0.2, 0) is 26.8 Å². The summed E-state index contributed by atoms with van der Waals surface area (Å²) in [7, 11) is -1.99. The van der Waals surface area contributed by atoms with Gasteiger partial charge in [0.25, 0.3) is 10.2 Å². The van der Waals surface area contributed by atoms with Crippen LogP contribution in [0.15, 0.2) is 12.3 Å². The fourth-order valence-electron chi connectivity index (χ4n) is 3.43. The van der Waals surface area contributed by atoms with Gasteiger partial charge in [-0.15, -0.1) is 0 Å². The third-order valence-corrected chi connectivity index (χ3v) is 6.09. The number of nitrogens with zero attached hydrogens (tertiary/aromatic N) is 4. The van der Waals surface area contributed by atoms with Crippen molar-refractivity contribution in [1.29, 1.82) is 0 Å². The van der Waals surface area contributed by atoms with Crippen molar-refractivity contribution in [1.82, 2.24) is 18.8 Å². The molecule has 1 N–H and O–H groups in total. The van der Waals surface area contributed by atoms with Crippen molar-refractivity contribution in [3.8, 4) is 0 Å². The van der Waals surface area contributed by atoms with Gasteiger partial charge in [-0.25, -0.2) is 0 Å². The Hall–Kier alpha value is -1.49. The lowest BCUT2D eigenvalue weighted by atomic mass is 10.1. The second kappa shape index (κ2) is 7.02. The first-order valence-electron chi connectivity index (χ1n) is 8.50. The number of piperidine rings is 1. The maximum atomic E-state index is 12.8. The maximum Gasteiger partial charge on any atom is 0.280 e. The van der Waals surface area contributed by atoms with Gasteiger partial charge in [0.15, 0.2) is 0 Å². The molecule has 0 aromatic carbocycles. The molecular formula is C15H25N5O4S. The van der Waals surface area contributed by atoms with Gasteiger partial charge in [-0.3, -0.25) is 14.4 Å². The minimum atomic E-state index is -3.75. The molecule has 3 atom stereocenters. The van der Waals surface area contributed by atoms with Crippen molar-refractivity contribution in [3.63, 3.8) is 0 Å². The van der Waals surface area contributed by atoms with E-state index in [0.717, 1.165) is 6.42 Å². The van der Waals surface area contributed by atoms with Gasteiger partial charge in [-0.1, -0.05) is 0 Å². The number of aromatic nitrogens is 2. The summed E-state index contributed by atoms with van der Waals surface area (Å²) in [5.74, 6) is 0.426. The van der Waals surface area contributed by atoms with Crippen LogP contribution >= 0.6 is 0 Å². The summed E-state index contributed by atoms with van der Waals surface area (Å²) in [6.07, 6.45) is 2.48. The fourth-order valence-corrected chi connectivity index (χ4v) is 4.96. The van der Waals surface area contributed by atoms with E-state index in [2.05, 4.69) is 9.82 Å². The Morgan fingerprint density at radius 1 is 1.28 bits per heavy atom. The molecule has 2 saturated heterocycles. The van der Waals surface area contributed by atoms with Gasteiger partial charge < -0.3 is 4.74 Å². The van der Waals surface area contributed by atoms with Gasteiger partial charge in [0.05, 0.1) is 18.4 Å². The Labute approximate surface area is 148 Å². The lowest BCUT2D eigenvalue weighted by Gasteiger charge is -2.37. The molecule has 1 aromatic rings. The van der Waals surface area contributed by atoms with E-state index < -0.39 is 16.3 Å². The highest BCUT2D eigenvalue weighted by Gasteiger charge is 2.37. The number of carbonyl (C=O) groups is 1. The molecule has 0 unspecified atom stereocenters. The normalized spacial score (nSPS) is 29.2. The number of morpholine rings is 1. The van der Waals surface area contributed by atoms with Crippen molar-refractivity contribution in [2.24, 2.45) is 7.05 Å². The molecule has 0 bridgehead atoms. The van der Waals surface area contributed by atoms with Crippen LogP contribution in [0.4, 0.5) is 5.82 Å². The van der Waals surface area contributed by atoms with Gasteiger partial charge in [-0.2, -0.15) is 22.5 Å². The van der Waals surface area contributed by atoms with E-state index >= 15 is 0 Å². The minimum Gasteiger partial charge on any atom is -0.373 e. The van der Waals surface area contributed by atoms with E-state index in [-0.39, 0.29) is 31.2 Å². The fraction of sp³-hybridized carbons (Fsp3) is 0.733. The Bertz CT molecular complexity index is 724. The van der Waals surface area contributed by atoms with Crippen molar-refractivity contribution in [2.45, 2.75) is 44.9 Å².